The zero-order valence-corrected chi connectivity index (χ0v) is 16.8. The van der Waals surface area contributed by atoms with E-state index >= 15 is 0 Å². The number of carbonyl (C=O) groups is 1. The van der Waals surface area contributed by atoms with E-state index in [4.69, 9.17) is 11.6 Å². The van der Waals surface area contributed by atoms with Crippen LogP contribution in [0.5, 0.6) is 0 Å². The zero-order chi connectivity index (χ0) is 20.7. The topological polar surface area (TPSA) is 72.7 Å². The maximum Gasteiger partial charge on any atom is 0.258 e. The van der Waals surface area contributed by atoms with Crippen LogP contribution in [0.4, 0.5) is 5.69 Å². The Hall–Kier alpha value is -3.77. The lowest BCUT2D eigenvalue weighted by Crippen LogP contribution is -2.13. The lowest BCUT2D eigenvalue weighted by atomic mass is 10.1. The van der Waals surface area contributed by atoms with E-state index in [0.29, 0.717) is 16.8 Å². The molecular formula is C23H16ClN5O. The van der Waals surface area contributed by atoms with E-state index in [1.165, 1.54) is 0 Å². The molecule has 6 nitrogen and oxygen atoms in total. The molecule has 30 heavy (non-hydrogen) atoms. The Morgan fingerprint density at radius 1 is 0.967 bits per heavy atom. The summed E-state index contributed by atoms with van der Waals surface area (Å²) in [5, 5.41) is 14.5. The van der Waals surface area contributed by atoms with Crippen LogP contribution in [0.25, 0.3) is 27.5 Å². The number of hydrogen-bond acceptors (Lipinski definition) is 4. The number of anilines is 1. The van der Waals surface area contributed by atoms with Crippen LogP contribution < -0.4 is 5.32 Å². The molecule has 1 N–H and O–H groups in total. The first-order valence-corrected chi connectivity index (χ1v) is 9.76. The molecule has 2 aromatic heterocycles. The van der Waals surface area contributed by atoms with Crippen molar-refractivity contribution in [3.05, 3.63) is 89.2 Å². The van der Waals surface area contributed by atoms with Crippen molar-refractivity contribution in [3.63, 3.8) is 0 Å². The number of fused-ring (bicyclic) bond motifs is 2. The smallest absolute Gasteiger partial charge is 0.258 e. The van der Waals surface area contributed by atoms with Crippen molar-refractivity contribution < 1.29 is 4.79 Å². The predicted molar refractivity (Wildman–Crippen MR) is 118 cm³/mol. The largest absolute Gasteiger partial charge is 0.322 e. The second-order valence-corrected chi connectivity index (χ2v) is 7.30. The number of rotatable bonds is 3. The number of aryl methyl sites for hydroxylation is 1. The van der Waals surface area contributed by atoms with E-state index in [-0.39, 0.29) is 11.1 Å². The van der Waals surface area contributed by atoms with Crippen LogP contribution in [0.15, 0.2) is 72.9 Å². The van der Waals surface area contributed by atoms with E-state index in [1.807, 2.05) is 49.4 Å². The van der Waals surface area contributed by atoms with Crippen molar-refractivity contribution >= 4 is 45.0 Å². The van der Waals surface area contributed by atoms with Gasteiger partial charge in [0.2, 0.25) is 0 Å². The highest BCUT2D eigenvalue weighted by atomic mass is 35.5. The van der Waals surface area contributed by atoms with Gasteiger partial charge in [0.25, 0.3) is 5.91 Å². The van der Waals surface area contributed by atoms with E-state index in [9.17, 15) is 4.79 Å². The van der Waals surface area contributed by atoms with Gasteiger partial charge in [-0.25, -0.2) is 4.98 Å². The average Bonchev–Trinajstić information content (AvgIpc) is 3.16. The average molecular weight is 414 g/mol. The Morgan fingerprint density at radius 2 is 1.73 bits per heavy atom. The van der Waals surface area contributed by atoms with Crippen LogP contribution >= 0.6 is 11.6 Å². The molecule has 0 fully saturated rings. The van der Waals surface area contributed by atoms with Gasteiger partial charge in [0.1, 0.15) is 16.2 Å². The van der Waals surface area contributed by atoms with Gasteiger partial charge in [0.05, 0.1) is 11.3 Å². The quantitative estimate of drug-likeness (QED) is 0.413. The molecule has 5 aromatic rings. The van der Waals surface area contributed by atoms with Gasteiger partial charge in [-0.2, -0.15) is 0 Å². The molecule has 0 radical (unpaired) electrons. The molecule has 1 amide bonds. The summed E-state index contributed by atoms with van der Waals surface area (Å²) in [6.45, 7) is 1.91. The monoisotopic (exact) mass is 413 g/mol. The molecule has 0 unspecified atom stereocenters. The molecule has 7 heteroatoms. The van der Waals surface area contributed by atoms with Crippen molar-refractivity contribution in [2.24, 2.45) is 0 Å². The fourth-order valence-electron chi connectivity index (χ4n) is 3.44. The maximum atomic E-state index is 12.6. The minimum absolute atomic E-state index is 0.163. The van der Waals surface area contributed by atoms with Crippen LogP contribution in [0, 0.1) is 6.92 Å². The number of hydrogen-bond donors (Lipinski definition) is 1. The molecule has 0 aliphatic carbocycles. The number of pyridine rings is 1. The maximum absolute atomic E-state index is 12.6. The van der Waals surface area contributed by atoms with Crippen molar-refractivity contribution in [3.8, 4) is 5.69 Å². The molecule has 0 bridgehead atoms. The van der Waals surface area contributed by atoms with Gasteiger partial charge in [-0.15, -0.1) is 15.0 Å². The molecule has 146 valence electrons. The molecule has 5 rings (SSSR count). The number of carbonyl (C=O) groups excluding carboxylic acids is 1. The SMILES string of the molecule is Cc1cc2nn(-c3cccc4ccccc34)nc2cc1NC(=O)c1cccnc1Cl. The molecular weight excluding hydrogens is 398 g/mol. The Bertz CT molecular complexity index is 1420. The summed E-state index contributed by atoms with van der Waals surface area (Å²) in [5.74, 6) is -0.322. The van der Waals surface area contributed by atoms with Crippen molar-refractivity contribution in [1.82, 2.24) is 20.0 Å². The van der Waals surface area contributed by atoms with Gasteiger partial charge in [0, 0.05) is 17.3 Å². The second kappa shape index (κ2) is 7.24. The molecule has 0 atom stereocenters. The number of nitrogens with zero attached hydrogens (tertiary/aromatic N) is 4. The van der Waals surface area contributed by atoms with Gasteiger partial charge < -0.3 is 5.32 Å². The van der Waals surface area contributed by atoms with E-state index in [2.05, 4.69) is 32.6 Å². The number of nitrogens with one attached hydrogen (secondary N) is 1. The number of benzene rings is 3. The van der Waals surface area contributed by atoms with Crippen molar-refractivity contribution in [2.45, 2.75) is 6.92 Å². The van der Waals surface area contributed by atoms with Crippen LogP contribution in [0.1, 0.15) is 15.9 Å². The highest BCUT2D eigenvalue weighted by Gasteiger charge is 2.15. The summed E-state index contributed by atoms with van der Waals surface area (Å²) in [5.41, 5.74) is 4.17. The van der Waals surface area contributed by atoms with Crippen LogP contribution in [-0.2, 0) is 0 Å². The third kappa shape index (κ3) is 3.17. The fourth-order valence-corrected chi connectivity index (χ4v) is 3.64. The lowest BCUT2D eigenvalue weighted by molar-refractivity contribution is 0.102. The van der Waals surface area contributed by atoms with Gasteiger partial charge in [-0.05, 0) is 48.2 Å². The van der Waals surface area contributed by atoms with Gasteiger partial charge in [0.15, 0.2) is 0 Å². The van der Waals surface area contributed by atoms with Crippen LogP contribution in [-0.4, -0.2) is 25.9 Å². The first kappa shape index (κ1) is 18.3. The highest BCUT2D eigenvalue weighted by molar-refractivity contribution is 6.33. The molecule has 0 aliphatic heterocycles. The molecule has 0 saturated heterocycles. The van der Waals surface area contributed by atoms with Crippen LogP contribution in [0.3, 0.4) is 0 Å². The summed E-state index contributed by atoms with van der Waals surface area (Å²) in [6, 6.07) is 21.2. The number of amides is 1. The van der Waals surface area contributed by atoms with Crippen molar-refractivity contribution in [2.75, 3.05) is 5.32 Å². The van der Waals surface area contributed by atoms with E-state index in [1.54, 1.807) is 23.1 Å². The van der Waals surface area contributed by atoms with Crippen molar-refractivity contribution in [1.29, 1.82) is 0 Å². The van der Waals surface area contributed by atoms with Gasteiger partial charge >= 0.3 is 0 Å². The summed E-state index contributed by atoms with van der Waals surface area (Å²) in [7, 11) is 0. The first-order valence-electron chi connectivity index (χ1n) is 9.38. The summed E-state index contributed by atoms with van der Waals surface area (Å²) >= 11 is 6.04. The minimum Gasteiger partial charge on any atom is -0.322 e. The molecule has 0 saturated carbocycles. The predicted octanol–water partition coefficient (Wildman–Crippen LogP) is 5.18. The zero-order valence-electron chi connectivity index (χ0n) is 16.0. The van der Waals surface area contributed by atoms with E-state index in [0.717, 1.165) is 27.5 Å². The summed E-state index contributed by atoms with van der Waals surface area (Å²) in [6.07, 6.45) is 1.54. The Kier molecular flexibility index (Phi) is 4.41. The Morgan fingerprint density at radius 3 is 2.57 bits per heavy atom. The Balaban J connectivity index is 1.55. The summed E-state index contributed by atoms with van der Waals surface area (Å²) < 4.78 is 0. The van der Waals surface area contributed by atoms with Crippen LogP contribution in [0.2, 0.25) is 5.15 Å². The third-order valence-corrected chi connectivity index (χ3v) is 5.26. The number of halogens is 1. The molecule has 3 aromatic carbocycles. The normalized spacial score (nSPS) is 11.1. The standard InChI is InChI=1S/C23H16ClN5O/c1-14-12-19-20(13-18(14)26-23(30)17-9-5-11-25-22(17)24)28-29(27-19)21-10-4-7-15-6-2-3-8-16(15)21/h2-13H,1H3,(H,26,30). The second-order valence-electron chi connectivity index (χ2n) is 6.94. The van der Waals surface area contributed by atoms with Gasteiger partial charge in [-0.1, -0.05) is 48.0 Å². The number of aromatic nitrogens is 4. The molecule has 0 aliphatic rings. The molecule has 2 heterocycles. The Labute approximate surface area is 177 Å². The highest BCUT2D eigenvalue weighted by Crippen LogP contribution is 2.26. The first-order chi connectivity index (χ1) is 14.6. The van der Waals surface area contributed by atoms with E-state index < -0.39 is 0 Å². The lowest BCUT2D eigenvalue weighted by Gasteiger charge is -2.08. The van der Waals surface area contributed by atoms with Gasteiger partial charge in [-0.3, -0.25) is 4.79 Å². The fraction of sp³-hybridized carbons (Fsp3) is 0.0435. The third-order valence-electron chi connectivity index (χ3n) is 4.96. The summed E-state index contributed by atoms with van der Waals surface area (Å²) in [4.78, 5) is 18.2. The minimum atomic E-state index is -0.322. The molecule has 0 spiro atoms.